The molecule has 1 fully saturated rings. The molecule has 0 saturated heterocycles. The van der Waals surface area contributed by atoms with Crippen molar-refractivity contribution in [1.29, 1.82) is 0 Å². The predicted molar refractivity (Wildman–Crippen MR) is 115 cm³/mol. The number of carbonyl (C=O) groups is 1. The summed E-state index contributed by atoms with van der Waals surface area (Å²) < 4.78 is 6.54. The predicted octanol–water partition coefficient (Wildman–Crippen LogP) is 2.41. The summed E-state index contributed by atoms with van der Waals surface area (Å²) in [5, 5.41) is 7.48. The number of hydrogen-bond donors (Lipinski definition) is 3. The van der Waals surface area contributed by atoms with Gasteiger partial charge in [-0.3, -0.25) is 9.78 Å². The number of hydrogen-bond acceptors (Lipinski definition) is 5. The number of rotatable bonds is 7. The summed E-state index contributed by atoms with van der Waals surface area (Å²) in [5.74, 6) is 1.23. The van der Waals surface area contributed by atoms with Gasteiger partial charge in [-0.25, -0.2) is 4.79 Å². The number of nitrogens with zero attached hydrogens (tertiary/aromatic N) is 2. The van der Waals surface area contributed by atoms with Gasteiger partial charge in [0.2, 0.25) is 5.91 Å². The number of nitrogens with one attached hydrogen (secondary N) is 2. The molecule has 1 aliphatic rings. The molecule has 1 aliphatic carbocycles. The van der Waals surface area contributed by atoms with Crippen molar-refractivity contribution in [2.75, 3.05) is 12.8 Å². The summed E-state index contributed by atoms with van der Waals surface area (Å²) in [6.45, 7) is 2.50. The summed E-state index contributed by atoms with van der Waals surface area (Å²) in [4.78, 5) is 27.4. The maximum absolute atomic E-state index is 12.6. The molecule has 156 valence electrons. The molecule has 1 aromatic heterocycles. The molecule has 0 spiro atoms. The van der Waals surface area contributed by atoms with E-state index in [2.05, 4.69) is 15.4 Å². The van der Waals surface area contributed by atoms with E-state index in [0.29, 0.717) is 29.5 Å². The van der Waals surface area contributed by atoms with Crippen LogP contribution in [0.2, 0.25) is 0 Å². The Balaban J connectivity index is 1.66. The number of benzene rings is 2. The maximum atomic E-state index is 12.6. The Morgan fingerprint density at radius 2 is 2.10 bits per heavy atom. The molecule has 8 nitrogen and oxygen atoms in total. The number of aryl methyl sites for hydroxylation is 1. The summed E-state index contributed by atoms with van der Waals surface area (Å²) >= 11 is 0. The van der Waals surface area contributed by atoms with E-state index in [-0.39, 0.29) is 17.5 Å². The lowest BCUT2D eigenvalue weighted by Crippen LogP contribution is -2.24. The molecular weight excluding hydrogens is 382 g/mol. The lowest BCUT2D eigenvalue weighted by molar-refractivity contribution is -0.122. The third-order valence-electron chi connectivity index (χ3n) is 5.30. The normalized spacial score (nSPS) is 13.3. The van der Waals surface area contributed by atoms with Crippen molar-refractivity contribution >= 4 is 11.6 Å². The number of aromatic amines is 1. The van der Waals surface area contributed by atoms with Crippen LogP contribution in [0.5, 0.6) is 5.75 Å². The second-order valence-corrected chi connectivity index (χ2v) is 7.45. The second-order valence-electron chi connectivity index (χ2n) is 7.45. The van der Waals surface area contributed by atoms with Gasteiger partial charge in [0.25, 0.3) is 0 Å². The Hall–Kier alpha value is -3.55. The van der Waals surface area contributed by atoms with E-state index in [9.17, 15) is 9.59 Å². The average molecular weight is 407 g/mol. The lowest BCUT2D eigenvalue weighted by atomic mass is 10.0. The molecule has 0 aliphatic heterocycles. The molecule has 30 heavy (non-hydrogen) atoms. The van der Waals surface area contributed by atoms with Gasteiger partial charge in [-0.15, -0.1) is 5.10 Å². The van der Waals surface area contributed by atoms with Crippen LogP contribution < -0.4 is 21.5 Å². The third-order valence-corrected chi connectivity index (χ3v) is 5.30. The molecule has 0 unspecified atom stereocenters. The van der Waals surface area contributed by atoms with Crippen LogP contribution in [-0.2, 0) is 17.8 Å². The molecule has 3 aromatic rings. The molecule has 4 N–H and O–H groups in total. The van der Waals surface area contributed by atoms with Gasteiger partial charge < -0.3 is 15.8 Å². The number of amides is 1. The van der Waals surface area contributed by atoms with Crippen LogP contribution in [-0.4, -0.2) is 27.8 Å². The molecule has 1 saturated carbocycles. The Morgan fingerprint density at radius 3 is 2.80 bits per heavy atom. The molecule has 4 rings (SSSR count). The standard InChI is InChI=1S/C22H25N5O3/c1-3-14-5-4-13(12-24-21(28)15-6-7-15)10-17(14)20-25-22(29)27(26-20)16-8-9-18(23)19(11-16)30-2/h4-5,8-11,15H,3,6-7,12,23H2,1-2H3,(H,24,28)(H,25,26,29). The van der Waals surface area contributed by atoms with E-state index >= 15 is 0 Å². The number of nitrogens with two attached hydrogens (primary N) is 1. The van der Waals surface area contributed by atoms with Crippen molar-refractivity contribution in [3.63, 3.8) is 0 Å². The van der Waals surface area contributed by atoms with Crippen molar-refractivity contribution < 1.29 is 9.53 Å². The summed E-state index contributed by atoms with van der Waals surface area (Å²) in [5.41, 5.74) is 9.41. The van der Waals surface area contributed by atoms with Gasteiger partial charge >= 0.3 is 5.69 Å². The van der Waals surface area contributed by atoms with Crippen molar-refractivity contribution in [3.8, 4) is 22.8 Å². The first-order valence-electron chi connectivity index (χ1n) is 10.0. The van der Waals surface area contributed by atoms with E-state index in [1.54, 1.807) is 18.2 Å². The van der Waals surface area contributed by atoms with Crippen LogP contribution in [0.15, 0.2) is 41.2 Å². The van der Waals surface area contributed by atoms with Crippen molar-refractivity contribution in [2.24, 2.45) is 5.92 Å². The molecular formula is C22H25N5O3. The molecule has 2 aromatic carbocycles. The number of aromatic nitrogens is 3. The summed E-state index contributed by atoms with van der Waals surface area (Å²) in [6, 6.07) is 11.0. The minimum absolute atomic E-state index is 0.103. The Morgan fingerprint density at radius 1 is 1.30 bits per heavy atom. The Bertz CT molecular complexity index is 1140. The van der Waals surface area contributed by atoms with Crippen molar-refractivity contribution in [2.45, 2.75) is 32.7 Å². The number of H-pyrrole nitrogens is 1. The Labute approximate surface area is 174 Å². The fourth-order valence-corrected chi connectivity index (χ4v) is 3.39. The Kier molecular flexibility index (Phi) is 5.31. The topological polar surface area (TPSA) is 115 Å². The van der Waals surface area contributed by atoms with Crippen molar-refractivity contribution in [3.05, 3.63) is 58.0 Å². The van der Waals surface area contributed by atoms with Gasteiger partial charge in [0.1, 0.15) is 5.75 Å². The quantitative estimate of drug-likeness (QED) is 0.520. The first kappa shape index (κ1) is 19.8. The summed E-state index contributed by atoms with van der Waals surface area (Å²) in [7, 11) is 1.52. The lowest BCUT2D eigenvalue weighted by Gasteiger charge is -2.10. The molecule has 0 atom stereocenters. The zero-order chi connectivity index (χ0) is 21.3. The van der Waals surface area contributed by atoms with Gasteiger partial charge in [0.05, 0.1) is 18.5 Å². The number of anilines is 1. The molecule has 1 amide bonds. The zero-order valence-electron chi connectivity index (χ0n) is 17.1. The minimum atomic E-state index is -0.355. The first-order chi connectivity index (χ1) is 14.5. The third kappa shape index (κ3) is 3.94. The fourth-order valence-electron chi connectivity index (χ4n) is 3.39. The van der Waals surface area contributed by atoms with Crippen LogP contribution in [0.25, 0.3) is 17.1 Å². The highest BCUT2D eigenvalue weighted by atomic mass is 16.5. The van der Waals surface area contributed by atoms with Crippen LogP contribution >= 0.6 is 0 Å². The maximum Gasteiger partial charge on any atom is 0.348 e. The van der Waals surface area contributed by atoms with E-state index in [1.165, 1.54) is 11.8 Å². The molecule has 0 bridgehead atoms. The van der Waals surface area contributed by atoms with E-state index in [0.717, 1.165) is 36.0 Å². The van der Waals surface area contributed by atoms with E-state index < -0.39 is 0 Å². The highest BCUT2D eigenvalue weighted by Crippen LogP contribution is 2.29. The highest BCUT2D eigenvalue weighted by molar-refractivity contribution is 5.80. The number of nitrogen functional groups attached to an aromatic ring is 1. The summed E-state index contributed by atoms with van der Waals surface area (Å²) in [6.07, 6.45) is 2.73. The number of methoxy groups -OCH3 is 1. The number of ether oxygens (including phenoxy) is 1. The molecule has 0 radical (unpaired) electrons. The molecule has 1 heterocycles. The van der Waals surface area contributed by atoms with Crippen LogP contribution in [0.3, 0.4) is 0 Å². The van der Waals surface area contributed by atoms with Gasteiger partial charge in [-0.1, -0.05) is 19.1 Å². The second kappa shape index (κ2) is 8.06. The number of carbonyl (C=O) groups excluding carboxylic acids is 1. The monoisotopic (exact) mass is 407 g/mol. The highest BCUT2D eigenvalue weighted by Gasteiger charge is 2.29. The SMILES string of the molecule is CCc1ccc(CNC(=O)C2CC2)cc1-c1nn(-c2ccc(N)c(OC)c2)c(=O)[nH]1. The van der Waals surface area contributed by atoms with Gasteiger partial charge in [-0.2, -0.15) is 4.68 Å². The van der Waals surface area contributed by atoms with E-state index in [1.807, 2.05) is 25.1 Å². The van der Waals surface area contributed by atoms with Crippen LogP contribution in [0.4, 0.5) is 5.69 Å². The largest absolute Gasteiger partial charge is 0.495 e. The zero-order valence-corrected chi connectivity index (χ0v) is 17.1. The van der Waals surface area contributed by atoms with Gasteiger partial charge in [0.15, 0.2) is 5.82 Å². The van der Waals surface area contributed by atoms with Gasteiger partial charge in [-0.05, 0) is 48.6 Å². The molecule has 8 heteroatoms. The van der Waals surface area contributed by atoms with Crippen LogP contribution in [0, 0.1) is 5.92 Å². The fraction of sp³-hybridized carbons (Fsp3) is 0.318. The minimum Gasteiger partial charge on any atom is -0.495 e. The average Bonchev–Trinajstić information content (AvgIpc) is 3.54. The van der Waals surface area contributed by atoms with E-state index in [4.69, 9.17) is 10.5 Å². The van der Waals surface area contributed by atoms with Gasteiger partial charge in [0, 0.05) is 24.1 Å². The van der Waals surface area contributed by atoms with Crippen molar-refractivity contribution in [1.82, 2.24) is 20.1 Å². The first-order valence-corrected chi connectivity index (χ1v) is 10.0. The van der Waals surface area contributed by atoms with Crippen LogP contribution in [0.1, 0.15) is 30.9 Å². The smallest absolute Gasteiger partial charge is 0.348 e.